The Morgan fingerprint density at radius 2 is 1.94 bits per heavy atom. The molecule has 3 heteroatoms. The van der Waals surface area contributed by atoms with Crippen molar-refractivity contribution in [1.29, 1.82) is 0 Å². The molecule has 1 aromatic carbocycles. The summed E-state index contributed by atoms with van der Waals surface area (Å²) in [5.41, 5.74) is 1.13. The average molecular weight is 222 g/mol. The highest BCUT2D eigenvalue weighted by molar-refractivity contribution is 5.70. The molecule has 1 rings (SSSR count). The summed E-state index contributed by atoms with van der Waals surface area (Å²) in [5.74, 6) is -1.56. The van der Waals surface area contributed by atoms with Crippen LogP contribution in [0, 0.1) is 5.92 Å². The molecule has 0 aromatic heterocycles. The molecule has 0 aliphatic carbocycles. The lowest BCUT2D eigenvalue weighted by atomic mass is 9.94. The fourth-order valence-electron chi connectivity index (χ4n) is 1.77. The van der Waals surface area contributed by atoms with Gasteiger partial charge in [0.15, 0.2) is 0 Å². The molecule has 2 atom stereocenters. The van der Waals surface area contributed by atoms with Gasteiger partial charge in [-0.05, 0) is 24.8 Å². The summed E-state index contributed by atoms with van der Waals surface area (Å²) < 4.78 is 0. The van der Waals surface area contributed by atoms with E-state index in [0.717, 1.165) is 5.56 Å². The van der Waals surface area contributed by atoms with Gasteiger partial charge in [0.05, 0.1) is 12.0 Å². The summed E-state index contributed by atoms with van der Waals surface area (Å²) in [6, 6.07) is 9.78. The van der Waals surface area contributed by atoms with Crippen LogP contribution in [0.25, 0.3) is 0 Å². The first-order chi connectivity index (χ1) is 7.65. The zero-order valence-electron chi connectivity index (χ0n) is 9.47. The van der Waals surface area contributed by atoms with Crippen molar-refractivity contribution in [2.75, 3.05) is 0 Å². The molecule has 0 bridgehead atoms. The van der Waals surface area contributed by atoms with Crippen molar-refractivity contribution in [3.63, 3.8) is 0 Å². The van der Waals surface area contributed by atoms with E-state index < -0.39 is 18.0 Å². The lowest BCUT2D eigenvalue weighted by molar-refractivity contribution is -0.146. The monoisotopic (exact) mass is 222 g/mol. The van der Waals surface area contributed by atoms with Gasteiger partial charge in [0, 0.05) is 0 Å². The quantitative estimate of drug-likeness (QED) is 0.774. The second-order valence-electron chi connectivity index (χ2n) is 3.94. The number of benzene rings is 1. The highest BCUT2D eigenvalue weighted by atomic mass is 16.4. The molecule has 0 amide bonds. The van der Waals surface area contributed by atoms with E-state index in [9.17, 15) is 9.90 Å². The van der Waals surface area contributed by atoms with E-state index in [2.05, 4.69) is 0 Å². The van der Waals surface area contributed by atoms with Crippen molar-refractivity contribution in [2.24, 2.45) is 5.92 Å². The molecule has 3 nitrogen and oxygen atoms in total. The Hall–Kier alpha value is -1.35. The Bertz CT molecular complexity index is 321. The van der Waals surface area contributed by atoms with E-state index in [1.165, 1.54) is 0 Å². The Balaban J connectivity index is 2.46. The van der Waals surface area contributed by atoms with Gasteiger partial charge < -0.3 is 10.2 Å². The van der Waals surface area contributed by atoms with Gasteiger partial charge in [-0.15, -0.1) is 0 Å². The third kappa shape index (κ3) is 3.66. The predicted molar refractivity (Wildman–Crippen MR) is 62.2 cm³/mol. The van der Waals surface area contributed by atoms with E-state index in [1.54, 1.807) is 6.92 Å². The Morgan fingerprint density at radius 1 is 1.31 bits per heavy atom. The topological polar surface area (TPSA) is 57.5 Å². The van der Waals surface area contributed by atoms with E-state index in [4.69, 9.17) is 5.11 Å². The molecule has 0 saturated carbocycles. The van der Waals surface area contributed by atoms with E-state index >= 15 is 0 Å². The summed E-state index contributed by atoms with van der Waals surface area (Å²) in [7, 11) is 0. The number of aryl methyl sites for hydroxylation is 1. The van der Waals surface area contributed by atoms with Gasteiger partial charge in [-0.3, -0.25) is 4.79 Å². The summed E-state index contributed by atoms with van der Waals surface area (Å²) in [5, 5.41) is 18.6. The van der Waals surface area contributed by atoms with Crippen LogP contribution in [0.3, 0.4) is 0 Å². The van der Waals surface area contributed by atoms with Crippen molar-refractivity contribution in [3.8, 4) is 0 Å². The van der Waals surface area contributed by atoms with Gasteiger partial charge >= 0.3 is 5.97 Å². The minimum atomic E-state index is -0.914. The first-order valence-corrected chi connectivity index (χ1v) is 5.60. The molecular formula is C13H18O3. The number of carbonyl (C=O) groups is 1. The van der Waals surface area contributed by atoms with Crippen molar-refractivity contribution < 1.29 is 15.0 Å². The van der Waals surface area contributed by atoms with Gasteiger partial charge in [-0.25, -0.2) is 0 Å². The number of carboxylic acids is 1. The number of rotatable bonds is 6. The molecular weight excluding hydrogens is 204 g/mol. The molecule has 2 unspecified atom stereocenters. The number of hydrogen-bond donors (Lipinski definition) is 2. The molecule has 88 valence electrons. The van der Waals surface area contributed by atoms with Crippen LogP contribution in [0.2, 0.25) is 0 Å². The van der Waals surface area contributed by atoms with Crippen LogP contribution in [0.4, 0.5) is 0 Å². The van der Waals surface area contributed by atoms with Crippen molar-refractivity contribution in [1.82, 2.24) is 0 Å². The standard InChI is InChI=1S/C13H18O3/c1-2-11(13(15)16)12(14)9-8-10-6-4-3-5-7-10/h3-7,11-12,14H,2,8-9H2,1H3,(H,15,16). The highest BCUT2D eigenvalue weighted by Crippen LogP contribution is 2.15. The number of aliphatic hydroxyl groups excluding tert-OH is 1. The molecule has 0 radical (unpaired) electrons. The molecule has 0 aliphatic rings. The lowest BCUT2D eigenvalue weighted by Gasteiger charge is -2.17. The van der Waals surface area contributed by atoms with E-state index in [-0.39, 0.29) is 0 Å². The van der Waals surface area contributed by atoms with E-state index in [1.807, 2.05) is 30.3 Å². The maximum Gasteiger partial charge on any atom is 0.309 e. The Morgan fingerprint density at radius 3 is 2.44 bits per heavy atom. The summed E-state index contributed by atoms with van der Waals surface area (Å²) >= 11 is 0. The smallest absolute Gasteiger partial charge is 0.309 e. The number of carboxylic acid groups (broad SMARTS) is 1. The molecule has 0 spiro atoms. The summed E-state index contributed by atoms with van der Waals surface area (Å²) in [6.07, 6.45) is 0.911. The summed E-state index contributed by atoms with van der Waals surface area (Å²) in [6.45, 7) is 1.78. The highest BCUT2D eigenvalue weighted by Gasteiger charge is 2.23. The summed E-state index contributed by atoms with van der Waals surface area (Å²) in [4.78, 5) is 10.8. The molecule has 0 saturated heterocycles. The number of hydrogen-bond acceptors (Lipinski definition) is 2. The normalized spacial score (nSPS) is 14.4. The largest absolute Gasteiger partial charge is 0.481 e. The molecule has 16 heavy (non-hydrogen) atoms. The van der Waals surface area contributed by atoms with Crippen molar-refractivity contribution in [2.45, 2.75) is 32.3 Å². The molecule has 0 heterocycles. The first kappa shape index (κ1) is 12.7. The third-order valence-corrected chi connectivity index (χ3v) is 2.79. The molecule has 1 aromatic rings. The second kappa shape index (κ2) is 6.28. The van der Waals surface area contributed by atoms with Gasteiger partial charge in [-0.2, -0.15) is 0 Å². The van der Waals surface area contributed by atoms with E-state index in [0.29, 0.717) is 19.3 Å². The minimum absolute atomic E-state index is 0.464. The van der Waals surface area contributed by atoms with Gasteiger partial charge in [0.1, 0.15) is 0 Å². The molecule has 0 aliphatic heterocycles. The van der Waals surface area contributed by atoms with Gasteiger partial charge in [0.2, 0.25) is 0 Å². The first-order valence-electron chi connectivity index (χ1n) is 5.60. The third-order valence-electron chi connectivity index (χ3n) is 2.79. The zero-order valence-corrected chi connectivity index (χ0v) is 9.47. The number of aliphatic carboxylic acids is 1. The van der Waals surface area contributed by atoms with Crippen LogP contribution in [0.1, 0.15) is 25.3 Å². The van der Waals surface area contributed by atoms with Crippen LogP contribution < -0.4 is 0 Å². The van der Waals surface area contributed by atoms with Crippen molar-refractivity contribution >= 4 is 5.97 Å². The fourth-order valence-corrected chi connectivity index (χ4v) is 1.77. The SMILES string of the molecule is CCC(C(=O)O)C(O)CCc1ccccc1. The average Bonchev–Trinajstić information content (AvgIpc) is 2.28. The van der Waals surface area contributed by atoms with Crippen LogP contribution in [-0.4, -0.2) is 22.3 Å². The fraction of sp³-hybridized carbons (Fsp3) is 0.462. The molecule has 2 N–H and O–H groups in total. The Labute approximate surface area is 95.7 Å². The maximum atomic E-state index is 10.8. The van der Waals surface area contributed by atoms with Crippen LogP contribution in [0.15, 0.2) is 30.3 Å². The van der Waals surface area contributed by atoms with Gasteiger partial charge in [-0.1, -0.05) is 37.3 Å². The second-order valence-corrected chi connectivity index (χ2v) is 3.94. The van der Waals surface area contributed by atoms with Crippen LogP contribution in [-0.2, 0) is 11.2 Å². The predicted octanol–water partition coefficient (Wildman–Crippen LogP) is 2.09. The van der Waals surface area contributed by atoms with Gasteiger partial charge in [0.25, 0.3) is 0 Å². The maximum absolute atomic E-state index is 10.8. The Kier molecular flexibility index (Phi) is 4.99. The van der Waals surface area contributed by atoms with Crippen LogP contribution >= 0.6 is 0 Å². The van der Waals surface area contributed by atoms with Crippen molar-refractivity contribution in [3.05, 3.63) is 35.9 Å². The number of aliphatic hydroxyl groups is 1. The lowest BCUT2D eigenvalue weighted by Crippen LogP contribution is -2.27. The van der Waals surface area contributed by atoms with Crippen LogP contribution in [0.5, 0.6) is 0 Å². The zero-order chi connectivity index (χ0) is 12.0. The molecule has 0 fully saturated rings. The minimum Gasteiger partial charge on any atom is -0.481 e.